The highest BCUT2D eigenvalue weighted by Crippen LogP contribution is 2.52. The lowest BCUT2D eigenvalue weighted by atomic mass is 9.77. The molecule has 0 spiro atoms. The first-order valence-electron chi connectivity index (χ1n) is 10.9. The molecular formula is C25H19BrCl2N2O4S. The van der Waals surface area contributed by atoms with Gasteiger partial charge in [0.25, 0.3) is 10.0 Å². The van der Waals surface area contributed by atoms with Crippen LogP contribution in [0.3, 0.4) is 0 Å². The second-order valence-corrected chi connectivity index (χ2v) is 12.1. The number of hydrogen-bond acceptors (Lipinski definition) is 5. The third kappa shape index (κ3) is 4.06. The molecule has 0 bridgehead atoms. The molecule has 2 heterocycles. The SMILES string of the molecule is O=S(=O)(Nc1cc(Cl)ccc1Cl)c1ccc2c(c1)[C@H]1C=CC[C@H]1[C@@H](c1cc3c(cc1Br)OCO3)N2. The first-order chi connectivity index (χ1) is 16.8. The second-order valence-electron chi connectivity index (χ2n) is 8.68. The topological polar surface area (TPSA) is 76.7 Å². The third-order valence-corrected chi connectivity index (χ3v) is 9.26. The Kier molecular flexibility index (Phi) is 5.67. The van der Waals surface area contributed by atoms with E-state index in [9.17, 15) is 8.42 Å². The van der Waals surface area contributed by atoms with Gasteiger partial charge in [0.15, 0.2) is 11.5 Å². The maximum atomic E-state index is 13.2. The lowest BCUT2D eigenvalue weighted by molar-refractivity contribution is 0.174. The molecule has 0 unspecified atom stereocenters. The molecule has 6 nitrogen and oxygen atoms in total. The van der Waals surface area contributed by atoms with Crippen LogP contribution in [0, 0.1) is 5.92 Å². The van der Waals surface area contributed by atoms with Gasteiger partial charge in [-0.3, -0.25) is 4.72 Å². The number of halogens is 3. The molecule has 6 rings (SSSR count). The Hall–Kier alpha value is -2.39. The van der Waals surface area contributed by atoms with Crippen molar-refractivity contribution in [2.45, 2.75) is 23.3 Å². The van der Waals surface area contributed by atoms with Crippen LogP contribution in [0.25, 0.3) is 0 Å². The molecule has 3 atom stereocenters. The Morgan fingerprint density at radius 2 is 1.80 bits per heavy atom. The van der Waals surface area contributed by atoms with Crippen molar-refractivity contribution in [1.29, 1.82) is 0 Å². The van der Waals surface area contributed by atoms with E-state index in [0.717, 1.165) is 39.2 Å². The molecular weight excluding hydrogens is 575 g/mol. The lowest BCUT2D eigenvalue weighted by Crippen LogP contribution is -2.29. The number of rotatable bonds is 4. The van der Waals surface area contributed by atoms with Crippen molar-refractivity contribution >= 4 is 60.5 Å². The van der Waals surface area contributed by atoms with Crippen molar-refractivity contribution in [1.82, 2.24) is 0 Å². The van der Waals surface area contributed by atoms with Gasteiger partial charge in [-0.2, -0.15) is 0 Å². The zero-order valence-electron chi connectivity index (χ0n) is 18.1. The zero-order chi connectivity index (χ0) is 24.3. The van der Waals surface area contributed by atoms with Crippen LogP contribution in [-0.4, -0.2) is 15.2 Å². The molecule has 3 aromatic rings. The molecule has 0 radical (unpaired) electrons. The Bertz CT molecular complexity index is 1500. The summed E-state index contributed by atoms with van der Waals surface area (Å²) in [6, 6.07) is 13.8. The number of fused-ring (bicyclic) bond motifs is 4. The van der Waals surface area contributed by atoms with Crippen LogP contribution in [-0.2, 0) is 10.0 Å². The molecule has 0 aromatic heterocycles. The van der Waals surface area contributed by atoms with Gasteiger partial charge >= 0.3 is 0 Å². The molecule has 180 valence electrons. The zero-order valence-corrected chi connectivity index (χ0v) is 22.0. The molecule has 0 fully saturated rings. The van der Waals surface area contributed by atoms with Crippen LogP contribution >= 0.6 is 39.1 Å². The fourth-order valence-corrected chi connectivity index (χ4v) is 7.07. The Morgan fingerprint density at radius 3 is 2.63 bits per heavy atom. The van der Waals surface area contributed by atoms with E-state index in [0.29, 0.717) is 5.02 Å². The first-order valence-corrected chi connectivity index (χ1v) is 14.0. The van der Waals surface area contributed by atoms with Crippen molar-refractivity contribution in [2.75, 3.05) is 16.8 Å². The van der Waals surface area contributed by atoms with Gasteiger partial charge in [-0.15, -0.1) is 0 Å². The average Bonchev–Trinajstić information content (AvgIpc) is 3.49. The highest BCUT2D eigenvalue weighted by atomic mass is 79.9. The Morgan fingerprint density at radius 1 is 1.00 bits per heavy atom. The number of hydrogen-bond donors (Lipinski definition) is 2. The van der Waals surface area contributed by atoms with Gasteiger partial charge in [0.2, 0.25) is 6.79 Å². The summed E-state index contributed by atoms with van der Waals surface area (Å²) in [4.78, 5) is 0.163. The van der Waals surface area contributed by atoms with Crippen molar-refractivity contribution in [2.24, 2.45) is 5.92 Å². The fraction of sp³-hybridized carbons (Fsp3) is 0.200. The normalized spacial score (nSPS) is 21.9. The van der Waals surface area contributed by atoms with E-state index >= 15 is 0 Å². The molecule has 3 aliphatic rings. The largest absolute Gasteiger partial charge is 0.454 e. The minimum Gasteiger partial charge on any atom is -0.454 e. The van der Waals surface area contributed by atoms with Gasteiger partial charge < -0.3 is 14.8 Å². The highest BCUT2D eigenvalue weighted by Gasteiger charge is 2.39. The predicted molar refractivity (Wildman–Crippen MR) is 140 cm³/mol. The Labute approximate surface area is 221 Å². The highest BCUT2D eigenvalue weighted by molar-refractivity contribution is 9.10. The van der Waals surface area contributed by atoms with Crippen molar-refractivity contribution in [3.05, 3.63) is 86.3 Å². The van der Waals surface area contributed by atoms with E-state index in [1.165, 1.54) is 6.07 Å². The number of sulfonamides is 1. The summed E-state index contributed by atoms with van der Waals surface area (Å²) in [6.45, 7) is 0.214. The number of ether oxygens (including phenoxy) is 2. The first kappa shape index (κ1) is 23.0. The van der Waals surface area contributed by atoms with Gasteiger partial charge in [0.05, 0.1) is 21.6 Å². The van der Waals surface area contributed by atoms with Gasteiger partial charge in [-0.1, -0.05) is 51.3 Å². The van der Waals surface area contributed by atoms with Gasteiger partial charge in [0.1, 0.15) is 0 Å². The minimum atomic E-state index is -3.88. The quantitative estimate of drug-likeness (QED) is 0.315. The van der Waals surface area contributed by atoms with Crippen LogP contribution in [0.15, 0.2) is 70.1 Å². The summed E-state index contributed by atoms with van der Waals surface area (Å²) in [5.41, 5.74) is 3.15. The smallest absolute Gasteiger partial charge is 0.261 e. The van der Waals surface area contributed by atoms with Crippen LogP contribution in [0.2, 0.25) is 10.0 Å². The lowest BCUT2D eigenvalue weighted by Gasteiger charge is -2.38. The summed E-state index contributed by atoms with van der Waals surface area (Å²) in [7, 11) is -3.88. The number of allylic oxidation sites excluding steroid dienone is 2. The summed E-state index contributed by atoms with van der Waals surface area (Å²) < 4.78 is 41.0. The number of nitrogens with one attached hydrogen (secondary N) is 2. The molecule has 10 heteroatoms. The minimum absolute atomic E-state index is 0.0113. The Balaban J connectivity index is 1.36. The van der Waals surface area contributed by atoms with E-state index in [1.54, 1.807) is 24.3 Å². The molecule has 2 N–H and O–H groups in total. The molecule has 2 aliphatic heterocycles. The molecule has 3 aromatic carbocycles. The van der Waals surface area contributed by atoms with Crippen molar-refractivity contribution in [3.63, 3.8) is 0 Å². The second kappa shape index (κ2) is 8.62. The van der Waals surface area contributed by atoms with Gasteiger partial charge in [0, 0.05) is 21.1 Å². The number of benzene rings is 3. The van der Waals surface area contributed by atoms with E-state index in [-0.39, 0.29) is 40.3 Å². The molecule has 0 saturated carbocycles. The standard InChI is InChI=1S/C25H19BrCl2N2O4S/c26-19-11-24-23(33-12-34-24)10-18(19)25-16-3-1-2-15(16)17-9-14(5-7-21(17)29-25)35(31,32)30-22-8-13(27)4-6-20(22)28/h1-2,4-11,15-16,25,29-30H,3,12H2/t15-,16+,25-/m0/s1. The summed E-state index contributed by atoms with van der Waals surface area (Å²) >= 11 is 15.9. The van der Waals surface area contributed by atoms with E-state index in [4.69, 9.17) is 32.7 Å². The van der Waals surface area contributed by atoms with Gasteiger partial charge in [-0.25, -0.2) is 8.42 Å². The van der Waals surface area contributed by atoms with Crippen molar-refractivity contribution < 1.29 is 17.9 Å². The van der Waals surface area contributed by atoms with E-state index < -0.39 is 10.0 Å². The van der Waals surface area contributed by atoms with E-state index in [2.05, 4.69) is 38.1 Å². The van der Waals surface area contributed by atoms with Crippen LogP contribution in [0.1, 0.15) is 29.5 Å². The summed E-state index contributed by atoms with van der Waals surface area (Å²) in [5, 5.41) is 4.30. The summed E-state index contributed by atoms with van der Waals surface area (Å²) in [6.07, 6.45) is 5.19. The molecule has 1 aliphatic carbocycles. The third-order valence-electron chi connectivity index (χ3n) is 6.64. The maximum absolute atomic E-state index is 13.2. The fourth-order valence-electron chi connectivity index (χ4n) is 5.00. The van der Waals surface area contributed by atoms with Crippen LogP contribution in [0.4, 0.5) is 11.4 Å². The van der Waals surface area contributed by atoms with Crippen LogP contribution in [0.5, 0.6) is 11.5 Å². The predicted octanol–water partition coefficient (Wildman–Crippen LogP) is 7.11. The summed E-state index contributed by atoms with van der Waals surface area (Å²) in [5.74, 6) is 1.73. The maximum Gasteiger partial charge on any atom is 0.261 e. The van der Waals surface area contributed by atoms with E-state index in [1.807, 2.05) is 18.2 Å². The number of anilines is 2. The monoisotopic (exact) mass is 592 g/mol. The molecule has 0 amide bonds. The van der Waals surface area contributed by atoms with Gasteiger partial charge in [-0.05, 0) is 72.0 Å². The molecule has 0 saturated heterocycles. The molecule has 35 heavy (non-hydrogen) atoms. The van der Waals surface area contributed by atoms with Crippen LogP contribution < -0.4 is 19.5 Å². The van der Waals surface area contributed by atoms with Crippen molar-refractivity contribution in [3.8, 4) is 11.5 Å². The average molecular weight is 594 g/mol.